The van der Waals surface area contributed by atoms with E-state index in [0.29, 0.717) is 0 Å². The average Bonchev–Trinajstić information content (AvgIpc) is 2.87. The molecule has 112 valence electrons. The van der Waals surface area contributed by atoms with Gasteiger partial charge in [-0.2, -0.15) is 0 Å². The molecule has 1 aliphatic rings. The maximum Gasteiger partial charge on any atom is 0.219 e. The highest BCUT2D eigenvalue weighted by Gasteiger charge is 2.23. The van der Waals surface area contributed by atoms with Crippen LogP contribution in [0.3, 0.4) is 0 Å². The molecule has 0 bridgehead atoms. The first kappa shape index (κ1) is 13.9. The summed E-state index contributed by atoms with van der Waals surface area (Å²) in [6, 6.07) is 6.04. The smallest absolute Gasteiger partial charge is 0.219 e. The molecule has 3 heterocycles. The van der Waals surface area contributed by atoms with Crippen molar-refractivity contribution < 1.29 is 4.79 Å². The zero-order valence-corrected chi connectivity index (χ0v) is 12.5. The fourth-order valence-corrected chi connectivity index (χ4v) is 2.85. The summed E-state index contributed by atoms with van der Waals surface area (Å²) in [4.78, 5) is 20.4. The number of aromatic nitrogens is 2. The van der Waals surface area contributed by atoms with Gasteiger partial charge in [0.25, 0.3) is 0 Å². The highest BCUT2D eigenvalue weighted by Crippen LogP contribution is 2.23. The number of imidazole rings is 1. The van der Waals surface area contributed by atoms with Crippen LogP contribution >= 0.6 is 0 Å². The van der Waals surface area contributed by atoms with Crippen LogP contribution in [0.5, 0.6) is 0 Å². The molecular weight excluding hydrogens is 266 g/mol. The fourth-order valence-electron chi connectivity index (χ4n) is 2.85. The Morgan fingerprint density at radius 1 is 1.29 bits per heavy atom. The topological polar surface area (TPSA) is 52.9 Å². The molecule has 21 heavy (non-hydrogen) atoms. The van der Waals surface area contributed by atoms with Gasteiger partial charge in [0, 0.05) is 45.8 Å². The van der Waals surface area contributed by atoms with Crippen LogP contribution < -0.4 is 10.2 Å². The summed E-state index contributed by atoms with van der Waals surface area (Å²) in [5, 5.41) is 3.22. The normalized spacial score (nSPS) is 15.7. The lowest BCUT2D eigenvalue weighted by molar-refractivity contribution is -0.129. The van der Waals surface area contributed by atoms with Crippen LogP contribution in [-0.4, -0.2) is 53.4 Å². The van der Waals surface area contributed by atoms with E-state index in [-0.39, 0.29) is 5.91 Å². The molecule has 3 rings (SSSR count). The molecule has 0 saturated carbocycles. The van der Waals surface area contributed by atoms with Crippen molar-refractivity contribution in [3.05, 3.63) is 30.1 Å². The molecule has 0 spiro atoms. The van der Waals surface area contributed by atoms with E-state index in [2.05, 4.69) is 14.6 Å². The van der Waals surface area contributed by atoms with Crippen molar-refractivity contribution in [1.82, 2.24) is 19.6 Å². The van der Waals surface area contributed by atoms with Crippen LogP contribution in [0.4, 0.5) is 5.82 Å². The molecule has 1 saturated heterocycles. The summed E-state index contributed by atoms with van der Waals surface area (Å²) in [5.41, 5.74) is 2.14. The van der Waals surface area contributed by atoms with Crippen LogP contribution in [0.1, 0.15) is 12.6 Å². The Hall–Kier alpha value is -2.08. The zero-order valence-electron chi connectivity index (χ0n) is 12.5. The van der Waals surface area contributed by atoms with E-state index in [4.69, 9.17) is 4.98 Å². The first-order valence-electron chi connectivity index (χ1n) is 7.31. The van der Waals surface area contributed by atoms with E-state index in [1.54, 1.807) is 6.92 Å². The molecule has 0 aliphatic carbocycles. The van der Waals surface area contributed by atoms with E-state index in [9.17, 15) is 4.79 Å². The molecule has 6 heteroatoms. The lowest BCUT2D eigenvalue weighted by atomic mass is 10.3. The second kappa shape index (κ2) is 5.73. The summed E-state index contributed by atoms with van der Waals surface area (Å²) in [6.07, 6.45) is 2.05. The molecule has 6 nitrogen and oxygen atoms in total. The predicted molar refractivity (Wildman–Crippen MR) is 82.4 cm³/mol. The van der Waals surface area contributed by atoms with Gasteiger partial charge in [-0.1, -0.05) is 6.07 Å². The molecular formula is C15H21N5O. The highest BCUT2D eigenvalue weighted by molar-refractivity contribution is 5.73. The van der Waals surface area contributed by atoms with Crippen molar-refractivity contribution >= 4 is 17.4 Å². The van der Waals surface area contributed by atoms with Crippen molar-refractivity contribution in [3.8, 4) is 0 Å². The van der Waals surface area contributed by atoms with Gasteiger partial charge in [-0.15, -0.1) is 0 Å². The van der Waals surface area contributed by atoms with Crippen LogP contribution in [0.15, 0.2) is 24.4 Å². The lowest BCUT2D eigenvalue weighted by Crippen LogP contribution is -2.48. The Labute approximate surface area is 124 Å². The number of anilines is 1. The highest BCUT2D eigenvalue weighted by atomic mass is 16.2. The number of rotatable bonds is 3. The summed E-state index contributed by atoms with van der Waals surface area (Å²) in [6.45, 7) is 5.60. The van der Waals surface area contributed by atoms with E-state index >= 15 is 0 Å². The van der Waals surface area contributed by atoms with Crippen molar-refractivity contribution in [3.63, 3.8) is 0 Å². The Kier molecular flexibility index (Phi) is 3.79. The van der Waals surface area contributed by atoms with Crippen molar-refractivity contribution in [1.29, 1.82) is 0 Å². The largest absolute Gasteiger partial charge is 0.351 e. The minimum Gasteiger partial charge on any atom is -0.351 e. The third-order valence-corrected chi connectivity index (χ3v) is 3.98. The number of carbonyl (C=O) groups excluding carboxylic acids is 1. The van der Waals surface area contributed by atoms with Gasteiger partial charge in [0.1, 0.15) is 5.65 Å². The van der Waals surface area contributed by atoms with Crippen molar-refractivity contribution in [2.45, 2.75) is 13.5 Å². The van der Waals surface area contributed by atoms with Gasteiger partial charge < -0.3 is 19.5 Å². The quantitative estimate of drug-likeness (QED) is 0.904. The Morgan fingerprint density at radius 2 is 2.05 bits per heavy atom. The Bertz CT molecular complexity index is 643. The summed E-state index contributed by atoms with van der Waals surface area (Å²) < 4.78 is 2.13. The molecule has 1 amide bonds. The van der Waals surface area contributed by atoms with Crippen molar-refractivity contribution in [2.75, 3.05) is 38.1 Å². The van der Waals surface area contributed by atoms with Gasteiger partial charge >= 0.3 is 0 Å². The number of hydrogen-bond acceptors (Lipinski definition) is 4. The maximum atomic E-state index is 11.4. The van der Waals surface area contributed by atoms with E-state index in [1.807, 2.05) is 36.3 Å². The lowest BCUT2D eigenvalue weighted by Gasteiger charge is -2.34. The molecule has 2 aromatic heterocycles. The summed E-state index contributed by atoms with van der Waals surface area (Å²) in [7, 11) is 1.94. The number of carbonyl (C=O) groups is 1. The molecule has 1 N–H and O–H groups in total. The van der Waals surface area contributed by atoms with Gasteiger partial charge in [0.2, 0.25) is 5.91 Å². The number of piperazine rings is 1. The van der Waals surface area contributed by atoms with Gasteiger partial charge in [-0.3, -0.25) is 4.79 Å². The number of fused-ring (bicyclic) bond motifs is 1. The molecule has 0 aromatic carbocycles. The first-order valence-corrected chi connectivity index (χ1v) is 7.31. The number of nitrogens with zero attached hydrogens (tertiary/aromatic N) is 4. The van der Waals surface area contributed by atoms with E-state index < -0.39 is 0 Å². The molecule has 0 radical (unpaired) electrons. The van der Waals surface area contributed by atoms with Crippen LogP contribution in [0, 0.1) is 0 Å². The van der Waals surface area contributed by atoms with Gasteiger partial charge in [0.15, 0.2) is 5.82 Å². The summed E-state index contributed by atoms with van der Waals surface area (Å²) in [5.74, 6) is 1.18. The minimum atomic E-state index is 0.153. The Balaban J connectivity index is 1.90. The standard InChI is InChI=1S/C15H21N5O/c1-12(21)18-7-9-19(10-8-18)15-13(11-16-2)20-6-4-3-5-14(20)17-15/h3-6,16H,7-11H2,1-2H3. The van der Waals surface area contributed by atoms with Gasteiger partial charge in [-0.25, -0.2) is 4.98 Å². The van der Waals surface area contributed by atoms with Crippen LogP contribution in [-0.2, 0) is 11.3 Å². The average molecular weight is 287 g/mol. The molecule has 1 fully saturated rings. The van der Waals surface area contributed by atoms with E-state index in [0.717, 1.165) is 44.2 Å². The number of hydrogen-bond donors (Lipinski definition) is 1. The second-order valence-corrected chi connectivity index (χ2v) is 5.33. The summed E-state index contributed by atoms with van der Waals surface area (Å²) >= 11 is 0. The number of pyridine rings is 1. The first-order chi connectivity index (χ1) is 10.2. The van der Waals surface area contributed by atoms with Crippen LogP contribution in [0.2, 0.25) is 0 Å². The van der Waals surface area contributed by atoms with Gasteiger partial charge in [-0.05, 0) is 19.2 Å². The fraction of sp³-hybridized carbons (Fsp3) is 0.467. The maximum absolute atomic E-state index is 11.4. The van der Waals surface area contributed by atoms with Gasteiger partial charge in [0.05, 0.1) is 5.69 Å². The predicted octanol–water partition coefficient (Wildman–Crippen LogP) is 0.722. The SMILES string of the molecule is CNCc1c(N2CCN(C(C)=O)CC2)nc2ccccn12. The Morgan fingerprint density at radius 3 is 2.71 bits per heavy atom. The number of nitrogens with one attached hydrogen (secondary N) is 1. The molecule has 2 aromatic rings. The third-order valence-electron chi connectivity index (χ3n) is 3.98. The zero-order chi connectivity index (χ0) is 14.8. The number of amides is 1. The van der Waals surface area contributed by atoms with Crippen LogP contribution in [0.25, 0.3) is 5.65 Å². The monoisotopic (exact) mass is 287 g/mol. The second-order valence-electron chi connectivity index (χ2n) is 5.33. The third kappa shape index (κ3) is 2.58. The molecule has 0 unspecified atom stereocenters. The minimum absolute atomic E-state index is 0.153. The van der Waals surface area contributed by atoms with E-state index in [1.165, 1.54) is 5.69 Å². The van der Waals surface area contributed by atoms with Crippen molar-refractivity contribution in [2.24, 2.45) is 0 Å². The molecule has 0 atom stereocenters. The molecule has 1 aliphatic heterocycles.